The van der Waals surface area contributed by atoms with Gasteiger partial charge in [-0.1, -0.05) is 27.7 Å². The highest BCUT2D eigenvalue weighted by Crippen LogP contribution is 2.75. The number of ether oxygens (including phenoxy) is 3. The summed E-state index contributed by atoms with van der Waals surface area (Å²) < 4.78 is 22.4. The highest BCUT2D eigenvalue weighted by atomic mass is 16.6. The fraction of sp³-hybridized carbons (Fsp3) is 0.741. The number of cyclic esters (lactones) is 1. The van der Waals surface area contributed by atoms with Crippen LogP contribution in [-0.4, -0.2) is 58.5 Å². The van der Waals surface area contributed by atoms with Gasteiger partial charge in [0.15, 0.2) is 11.4 Å². The highest BCUT2D eigenvalue weighted by Gasteiger charge is 2.85. The molecular weight excluding hydrogens is 468 g/mol. The Labute approximate surface area is 209 Å². The zero-order valence-corrected chi connectivity index (χ0v) is 21.3. The minimum Gasteiger partial charge on any atom is -0.472 e. The number of rotatable bonds is 3. The summed E-state index contributed by atoms with van der Waals surface area (Å²) in [4.78, 5) is 39.6. The maximum absolute atomic E-state index is 14.1. The van der Waals surface area contributed by atoms with Crippen LogP contribution < -0.4 is 0 Å². The molecule has 9 nitrogen and oxygen atoms in total. The van der Waals surface area contributed by atoms with Crippen LogP contribution in [0.3, 0.4) is 0 Å². The Morgan fingerprint density at radius 2 is 1.92 bits per heavy atom. The Kier molecular flexibility index (Phi) is 4.69. The van der Waals surface area contributed by atoms with E-state index in [9.17, 15) is 24.6 Å². The van der Waals surface area contributed by atoms with Crippen LogP contribution in [0.5, 0.6) is 0 Å². The van der Waals surface area contributed by atoms with Gasteiger partial charge in [-0.3, -0.25) is 14.4 Å². The predicted molar refractivity (Wildman–Crippen MR) is 122 cm³/mol. The molecule has 2 saturated heterocycles. The van der Waals surface area contributed by atoms with Gasteiger partial charge in [0.05, 0.1) is 31.7 Å². The molecule has 0 radical (unpaired) electrons. The maximum Gasteiger partial charge on any atom is 0.309 e. The summed E-state index contributed by atoms with van der Waals surface area (Å²) in [6.07, 6.45) is 1.21. The van der Waals surface area contributed by atoms with E-state index in [-0.39, 0.29) is 18.6 Å². The summed E-state index contributed by atoms with van der Waals surface area (Å²) in [6.45, 7) is 7.57. The standard InChI is InChI=1S/C27H34O9/c1-23(2)15(10-16(28)33-5)25(4)14-6-8-24(3)19(13-7-9-34-12-13)35-17(29)11-26(24,31)18(14)20-27(32,21(25)30)22(23)36-20/h7,9,12,14-15,18-20,22,31-32H,6,8,10-11H2,1-5H3. The van der Waals surface area contributed by atoms with Gasteiger partial charge in [-0.25, -0.2) is 0 Å². The van der Waals surface area contributed by atoms with Gasteiger partial charge in [-0.15, -0.1) is 0 Å². The molecule has 2 N–H and O–H groups in total. The molecular formula is C27H34O9. The average Bonchev–Trinajstić information content (AvgIpc) is 3.34. The number of carbonyl (C=O) groups is 3. The molecule has 3 heterocycles. The van der Waals surface area contributed by atoms with E-state index in [1.165, 1.54) is 19.6 Å². The number of hydrogen-bond acceptors (Lipinski definition) is 9. The second-order valence-electron chi connectivity index (χ2n) is 12.6. The van der Waals surface area contributed by atoms with Gasteiger partial charge in [0.1, 0.15) is 18.3 Å². The van der Waals surface area contributed by atoms with Gasteiger partial charge in [0, 0.05) is 28.7 Å². The lowest BCUT2D eigenvalue weighted by atomic mass is 9.33. The number of hydrogen-bond donors (Lipinski definition) is 2. The van der Waals surface area contributed by atoms with Crippen molar-refractivity contribution in [2.24, 2.45) is 34.0 Å². The third-order valence-corrected chi connectivity index (χ3v) is 11.0. The van der Waals surface area contributed by atoms with Gasteiger partial charge in [-0.2, -0.15) is 0 Å². The van der Waals surface area contributed by atoms with E-state index in [0.717, 1.165) is 0 Å². The molecule has 10 atom stereocenters. The van der Waals surface area contributed by atoms with E-state index in [1.54, 1.807) is 6.07 Å². The minimum atomic E-state index is -1.81. The quantitative estimate of drug-likeness (QED) is 0.598. The number of ketones is 1. The first-order valence-corrected chi connectivity index (χ1v) is 12.7. The fourth-order valence-electron chi connectivity index (χ4n) is 9.24. The topological polar surface area (TPSA) is 132 Å². The van der Waals surface area contributed by atoms with Crippen molar-refractivity contribution in [2.45, 2.75) is 82.9 Å². The van der Waals surface area contributed by atoms with E-state index in [0.29, 0.717) is 18.4 Å². The minimum absolute atomic E-state index is 0.00898. The number of aliphatic hydroxyl groups is 2. The number of furan rings is 1. The fourth-order valence-corrected chi connectivity index (χ4v) is 9.24. The van der Waals surface area contributed by atoms with Gasteiger partial charge >= 0.3 is 11.9 Å². The molecule has 5 fully saturated rings. The van der Waals surface area contributed by atoms with Crippen molar-refractivity contribution in [3.8, 4) is 0 Å². The number of Topliss-reactive ketones (excluding diaryl/α,β-unsaturated/α-hetero) is 1. The monoisotopic (exact) mass is 502 g/mol. The van der Waals surface area contributed by atoms with Crippen LogP contribution >= 0.6 is 0 Å². The SMILES string of the molecule is COC(=O)CC1C(C)(C)C2OC3C4C(CCC5(C)C(c6ccoc6)OC(=O)CC45O)C1(C)C(=O)C32O. The first kappa shape index (κ1) is 24.1. The van der Waals surface area contributed by atoms with Crippen molar-refractivity contribution < 1.29 is 43.2 Å². The van der Waals surface area contributed by atoms with Gasteiger partial charge in [-0.05, 0) is 36.2 Å². The van der Waals surface area contributed by atoms with Crippen molar-refractivity contribution in [2.75, 3.05) is 7.11 Å². The van der Waals surface area contributed by atoms with Gasteiger partial charge in [0.2, 0.25) is 0 Å². The summed E-state index contributed by atoms with van der Waals surface area (Å²) in [7, 11) is 1.32. The molecule has 6 rings (SSSR count). The summed E-state index contributed by atoms with van der Waals surface area (Å²) in [5.74, 6) is -2.94. The molecule has 5 aliphatic rings. The molecule has 1 aromatic rings. The van der Waals surface area contributed by atoms with E-state index in [1.807, 2.05) is 27.7 Å². The number of esters is 2. The lowest BCUT2D eigenvalue weighted by Gasteiger charge is -2.77. The molecule has 10 unspecified atom stereocenters. The molecule has 0 amide bonds. The van der Waals surface area contributed by atoms with E-state index >= 15 is 0 Å². The molecule has 3 saturated carbocycles. The van der Waals surface area contributed by atoms with Crippen molar-refractivity contribution in [3.63, 3.8) is 0 Å². The van der Waals surface area contributed by atoms with Crippen molar-refractivity contribution in [3.05, 3.63) is 24.2 Å². The normalized spacial score (nSPS) is 50.3. The Bertz CT molecular complexity index is 1140. The highest BCUT2D eigenvalue weighted by molar-refractivity contribution is 5.98. The third kappa shape index (κ3) is 2.45. The van der Waals surface area contributed by atoms with Crippen LogP contribution in [0.15, 0.2) is 23.0 Å². The zero-order valence-electron chi connectivity index (χ0n) is 21.3. The molecule has 3 aliphatic carbocycles. The summed E-state index contributed by atoms with van der Waals surface area (Å²) >= 11 is 0. The average molecular weight is 503 g/mol. The molecule has 9 heteroatoms. The smallest absolute Gasteiger partial charge is 0.309 e. The molecule has 36 heavy (non-hydrogen) atoms. The second kappa shape index (κ2) is 6.99. The van der Waals surface area contributed by atoms with Crippen LogP contribution in [-0.2, 0) is 28.6 Å². The first-order valence-electron chi connectivity index (χ1n) is 12.7. The van der Waals surface area contributed by atoms with Crippen molar-refractivity contribution >= 4 is 17.7 Å². The summed E-state index contributed by atoms with van der Waals surface area (Å²) in [5, 5.41) is 24.6. The van der Waals surface area contributed by atoms with E-state index in [4.69, 9.17) is 18.6 Å². The van der Waals surface area contributed by atoms with Crippen LogP contribution in [0.25, 0.3) is 0 Å². The molecule has 2 aliphatic heterocycles. The van der Waals surface area contributed by atoms with Crippen molar-refractivity contribution in [1.82, 2.24) is 0 Å². The van der Waals surface area contributed by atoms with E-state index < -0.39 is 75.5 Å². The predicted octanol–water partition coefficient (Wildman–Crippen LogP) is 2.34. The lowest BCUT2D eigenvalue weighted by molar-refractivity contribution is -0.405. The number of methoxy groups -OCH3 is 1. The largest absolute Gasteiger partial charge is 0.472 e. The summed E-state index contributed by atoms with van der Waals surface area (Å²) in [6, 6.07) is 1.72. The molecule has 0 aromatic carbocycles. The molecule has 1 aromatic heterocycles. The molecule has 0 spiro atoms. The van der Waals surface area contributed by atoms with Crippen LogP contribution in [0.2, 0.25) is 0 Å². The Morgan fingerprint density at radius 3 is 2.56 bits per heavy atom. The molecule has 2 bridgehead atoms. The zero-order chi connectivity index (χ0) is 26.1. The molecule has 196 valence electrons. The van der Waals surface area contributed by atoms with Gasteiger partial charge in [0.25, 0.3) is 0 Å². The Balaban J connectivity index is 1.52. The third-order valence-electron chi connectivity index (χ3n) is 11.0. The van der Waals surface area contributed by atoms with Crippen LogP contribution in [0.4, 0.5) is 0 Å². The Hall–Kier alpha value is -2.23. The van der Waals surface area contributed by atoms with Crippen LogP contribution in [0, 0.1) is 34.0 Å². The van der Waals surface area contributed by atoms with E-state index in [2.05, 4.69) is 0 Å². The second-order valence-corrected chi connectivity index (χ2v) is 12.6. The number of fused-ring (bicyclic) bond motifs is 6. The Morgan fingerprint density at radius 1 is 1.19 bits per heavy atom. The lowest BCUT2D eigenvalue weighted by Crippen LogP contribution is -2.90. The summed E-state index contributed by atoms with van der Waals surface area (Å²) in [5.41, 5.74) is -5.52. The van der Waals surface area contributed by atoms with Gasteiger partial charge < -0.3 is 28.8 Å². The van der Waals surface area contributed by atoms with Crippen molar-refractivity contribution in [1.29, 1.82) is 0 Å². The van der Waals surface area contributed by atoms with Crippen LogP contribution in [0.1, 0.15) is 65.0 Å². The number of carbonyl (C=O) groups excluding carboxylic acids is 3. The maximum atomic E-state index is 14.1. The first-order chi connectivity index (χ1) is 16.8.